The maximum atomic E-state index is 12.3. The van der Waals surface area contributed by atoms with Crippen molar-refractivity contribution in [2.45, 2.75) is 45.6 Å². The fourth-order valence-corrected chi connectivity index (χ4v) is 3.05. The van der Waals surface area contributed by atoms with Gasteiger partial charge in [0.2, 0.25) is 5.60 Å². The molecule has 1 aliphatic heterocycles. The molecule has 0 aromatic carbocycles. The molecule has 2 fully saturated rings. The zero-order chi connectivity index (χ0) is 13.6. The topological polar surface area (TPSA) is 52.6 Å². The third-order valence-corrected chi connectivity index (χ3v) is 4.97. The van der Waals surface area contributed by atoms with Gasteiger partial charge in [0, 0.05) is 5.41 Å². The first-order valence-corrected chi connectivity index (χ1v) is 6.33. The minimum Gasteiger partial charge on any atom is -0.462 e. The number of carbonyl (C=O) groups excluding carboxylic acids is 2. The molecule has 0 spiro atoms. The van der Waals surface area contributed by atoms with E-state index in [1.54, 1.807) is 6.08 Å². The maximum absolute atomic E-state index is 12.3. The van der Waals surface area contributed by atoms with Gasteiger partial charge in [0.25, 0.3) is 0 Å². The van der Waals surface area contributed by atoms with Gasteiger partial charge in [-0.2, -0.15) is 0 Å². The van der Waals surface area contributed by atoms with Gasteiger partial charge in [-0.25, -0.2) is 4.79 Å². The van der Waals surface area contributed by atoms with E-state index in [1.807, 2.05) is 20.8 Å². The second-order valence-corrected chi connectivity index (χ2v) is 5.89. The van der Waals surface area contributed by atoms with Crippen LogP contribution in [-0.4, -0.2) is 24.1 Å². The van der Waals surface area contributed by atoms with Crippen molar-refractivity contribution < 1.29 is 19.1 Å². The largest absolute Gasteiger partial charge is 0.462 e. The smallest absolute Gasteiger partial charge is 0.351 e. The zero-order valence-electron chi connectivity index (χ0n) is 11.2. The Labute approximate surface area is 107 Å². The molecule has 4 heteroatoms. The van der Waals surface area contributed by atoms with Crippen molar-refractivity contribution in [1.29, 1.82) is 0 Å². The molecule has 2 atom stereocenters. The second-order valence-electron chi connectivity index (χ2n) is 5.89. The molecule has 0 N–H and O–H groups in total. The summed E-state index contributed by atoms with van der Waals surface area (Å²) in [5.41, 5.74) is -2.20. The molecule has 0 radical (unpaired) electrons. The predicted octanol–water partition coefficient (Wildman–Crippen LogP) is 2.23. The SMILES string of the molecule is C=CCCOC(=O)[C@@]12CC[C@@](C)(C(=O)O1)C2(C)C. The molecule has 18 heavy (non-hydrogen) atoms. The minimum atomic E-state index is -1.10. The standard InChI is InChI=1S/C14H20O4/c1-5-6-9-17-11(16)14-8-7-13(4,10(15)18-14)12(14,2)3/h5H,1,6-9H2,2-4H3/t13-,14+/m0/s1. The Balaban J connectivity index is 2.24. The Bertz CT molecular complexity index is 412. The first-order valence-electron chi connectivity index (χ1n) is 6.33. The molecular weight excluding hydrogens is 232 g/mol. The molecule has 0 aromatic rings. The Kier molecular flexibility index (Phi) is 2.80. The minimum absolute atomic E-state index is 0.278. The fraction of sp³-hybridized carbons (Fsp3) is 0.714. The van der Waals surface area contributed by atoms with E-state index >= 15 is 0 Å². The van der Waals surface area contributed by atoms with Gasteiger partial charge in [0.1, 0.15) is 0 Å². The molecular formula is C14H20O4. The zero-order valence-corrected chi connectivity index (χ0v) is 11.2. The molecule has 1 saturated heterocycles. The quantitative estimate of drug-likeness (QED) is 0.437. The molecule has 0 aromatic heterocycles. The van der Waals surface area contributed by atoms with Crippen LogP contribution < -0.4 is 0 Å². The monoisotopic (exact) mass is 252 g/mol. The number of esters is 2. The Morgan fingerprint density at radius 2 is 2.11 bits per heavy atom. The number of fused-ring (bicyclic) bond motifs is 2. The molecule has 1 aliphatic carbocycles. The third-order valence-electron chi connectivity index (χ3n) is 4.97. The molecule has 1 saturated carbocycles. The number of carbonyl (C=O) groups is 2. The lowest BCUT2D eigenvalue weighted by Gasteiger charge is -2.34. The highest BCUT2D eigenvalue weighted by Gasteiger charge is 2.76. The van der Waals surface area contributed by atoms with Gasteiger partial charge in [-0.05, 0) is 26.2 Å². The maximum Gasteiger partial charge on any atom is 0.351 e. The highest BCUT2D eigenvalue weighted by atomic mass is 16.6. The van der Waals surface area contributed by atoms with Crippen molar-refractivity contribution in [3.63, 3.8) is 0 Å². The number of rotatable bonds is 4. The fourth-order valence-electron chi connectivity index (χ4n) is 3.05. The summed E-state index contributed by atoms with van der Waals surface area (Å²) in [6.45, 7) is 9.57. The summed E-state index contributed by atoms with van der Waals surface area (Å²) in [5, 5.41) is 0. The van der Waals surface area contributed by atoms with Crippen molar-refractivity contribution in [2.24, 2.45) is 10.8 Å². The number of ether oxygens (including phenoxy) is 2. The Morgan fingerprint density at radius 3 is 2.56 bits per heavy atom. The van der Waals surface area contributed by atoms with Gasteiger partial charge in [0.15, 0.2) is 0 Å². The highest BCUT2D eigenvalue weighted by molar-refractivity contribution is 5.93. The van der Waals surface area contributed by atoms with E-state index in [0.717, 1.165) is 0 Å². The van der Waals surface area contributed by atoms with Crippen LogP contribution in [-0.2, 0) is 19.1 Å². The van der Waals surface area contributed by atoms with E-state index in [1.165, 1.54) is 0 Å². The summed E-state index contributed by atoms with van der Waals surface area (Å²) in [6.07, 6.45) is 3.52. The Hall–Kier alpha value is -1.32. The third kappa shape index (κ3) is 1.32. The summed E-state index contributed by atoms with van der Waals surface area (Å²) in [4.78, 5) is 24.2. The van der Waals surface area contributed by atoms with Gasteiger partial charge in [-0.15, -0.1) is 6.58 Å². The molecule has 2 rings (SSSR count). The summed E-state index contributed by atoms with van der Waals surface area (Å²) in [6, 6.07) is 0. The summed E-state index contributed by atoms with van der Waals surface area (Å²) < 4.78 is 10.6. The van der Waals surface area contributed by atoms with Crippen LogP contribution in [0.2, 0.25) is 0 Å². The van der Waals surface area contributed by atoms with Crippen molar-refractivity contribution in [3.05, 3.63) is 12.7 Å². The highest BCUT2D eigenvalue weighted by Crippen LogP contribution is 2.65. The van der Waals surface area contributed by atoms with Crippen molar-refractivity contribution in [1.82, 2.24) is 0 Å². The van der Waals surface area contributed by atoms with Crippen LogP contribution in [0.5, 0.6) is 0 Å². The van der Waals surface area contributed by atoms with Crippen LogP contribution in [0.4, 0.5) is 0 Å². The molecule has 0 amide bonds. The van der Waals surface area contributed by atoms with Gasteiger partial charge < -0.3 is 9.47 Å². The molecule has 2 aliphatic rings. The van der Waals surface area contributed by atoms with Gasteiger partial charge in [0.05, 0.1) is 12.0 Å². The van der Waals surface area contributed by atoms with E-state index in [2.05, 4.69) is 6.58 Å². The van der Waals surface area contributed by atoms with E-state index in [4.69, 9.17) is 9.47 Å². The summed E-state index contributed by atoms with van der Waals surface area (Å²) in [7, 11) is 0. The molecule has 4 nitrogen and oxygen atoms in total. The lowest BCUT2D eigenvalue weighted by molar-refractivity contribution is -0.183. The first kappa shape index (κ1) is 13.1. The second kappa shape index (κ2) is 3.84. The average Bonchev–Trinajstić information content (AvgIpc) is 2.59. The lowest BCUT2D eigenvalue weighted by Crippen LogP contribution is -2.48. The van der Waals surface area contributed by atoms with Crippen LogP contribution >= 0.6 is 0 Å². The van der Waals surface area contributed by atoms with E-state index in [9.17, 15) is 9.59 Å². The molecule has 0 unspecified atom stereocenters. The van der Waals surface area contributed by atoms with Crippen molar-refractivity contribution >= 4 is 11.9 Å². The van der Waals surface area contributed by atoms with E-state index in [0.29, 0.717) is 19.3 Å². The van der Waals surface area contributed by atoms with E-state index in [-0.39, 0.29) is 12.6 Å². The van der Waals surface area contributed by atoms with Crippen LogP contribution in [0.25, 0.3) is 0 Å². The summed E-state index contributed by atoms with van der Waals surface area (Å²) in [5.74, 6) is -0.691. The Morgan fingerprint density at radius 1 is 1.44 bits per heavy atom. The number of hydrogen-bond acceptors (Lipinski definition) is 4. The normalized spacial score (nSPS) is 36.3. The molecule has 1 heterocycles. The molecule has 100 valence electrons. The number of hydrogen-bond donors (Lipinski definition) is 0. The lowest BCUT2D eigenvalue weighted by atomic mass is 9.66. The van der Waals surface area contributed by atoms with Crippen LogP contribution in [0, 0.1) is 10.8 Å². The van der Waals surface area contributed by atoms with E-state index < -0.39 is 22.4 Å². The first-order chi connectivity index (χ1) is 8.32. The predicted molar refractivity (Wildman–Crippen MR) is 65.7 cm³/mol. The van der Waals surface area contributed by atoms with Crippen molar-refractivity contribution in [3.8, 4) is 0 Å². The van der Waals surface area contributed by atoms with Crippen LogP contribution in [0.1, 0.15) is 40.0 Å². The van der Waals surface area contributed by atoms with Crippen LogP contribution in [0.15, 0.2) is 12.7 Å². The molecule has 2 bridgehead atoms. The van der Waals surface area contributed by atoms with Crippen LogP contribution in [0.3, 0.4) is 0 Å². The van der Waals surface area contributed by atoms with Crippen molar-refractivity contribution in [2.75, 3.05) is 6.61 Å². The van der Waals surface area contributed by atoms with Gasteiger partial charge >= 0.3 is 11.9 Å². The van der Waals surface area contributed by atoms with Gasteiger partial charge in [-0.1, -0.05) is 19.9 Å². The van der Waals surface area contributed by atoms with Gasteiger partial charge in [-0.3, -0.25) is 4.79 Å². The summed E-state index contributed by atoms with van der Waals surface area (Å²) >= 11 is 0. The average molecular weight is 252 g/mol.